The van der Waals surface area contributed by atoms with E-state index in [9.17, 15) is 5.11 Å². The number of rotatable bonds is 1. The molecule has 2 heteroatoms. The summed E-state index contributed by atoms with van der Waals surface area (Å²) in [6.07, 6.45) is 1.39. The fourth-order valence-electron chi connectivity index (χ4n) is 2.66. The largest absolute Gasteiger partial charge is 0.497 e. The highest BCUT2D eigenvalue weighted by atomic mass is 16.5. The van der Waals surface area contributed by atoms with Gasteiger partial charge in [0.1, 0.15) is 11.9 Å². The van der Waals surface area contributed by atoms with Crippen molar-refractivity contribution in [2.75, 3.05) is 7.11 Å². The number of aryl methyl sites for hydroxylation is 2. The molecule has 0 saturated carbocycles. The predicted molar refractivity (Wildman–Crippen MR) is 70.9 cm³/mol. The van der Waals surface area contributed by atoms with Crippen molar-refractivity contribution in [1.29, 1.82) is 0 Å². The molecule has 2 nitrogen and oxygen atoms in total. The van der Waals surface area contributed by atoms with E-state index in [2.05, 4.69) is 6.07 Å². The van der Waals surface area contributed by atoms with Gasteiger partial charge >= 0.3 is 0 Å². The number of benzene rings is 2. The van der Waals surface area contributed by atoms with E-state index in [-0.39, 0.29) is 0 Å². The van der Waals surface area contributed by atoms with Gasteiger partial charge in [0.05, 0.1) is 7.11 Å². The second-order valence-corrected chi connectivity index (χ2v) is 4.67. The molecule has 1 aliphatic rings. The minimum atomic E-state index is -0.524. The van der Waals surface area contributed by atoms with Gasteiger partial charge in [0.2, 0.25) is 0 Å². The van der Waals surface area contributed by atoms with E-state index >= 15 is 0 Å². The maximum atomic E-state index is 10.5. The van der Waals surface area contributed by atoms with Gasteiger partial charge in [0.25, 0.3) is 0 Å². The average molecular weight is 240 g/mol. The van der Waals surface area contributed by atoms with Crippen molar-refractivity contribution in [3.05, 3.63) is 64.7 Å². The highest BCUT2D eigenvalue weighted by molar-refractivity contribution is 5.45. The Morgan fingerprint density at radius 3 is 2.56 bits per heavy atom. The summed E-state index contributed by atoms with van der Waals surface area (Å²) in [6.45, 7) is 0. The Balaban J connectivity index is 2.11. The van der Waals surface area contributed by atoms with E-state index in [0.717, 1.165) is 29.7 Å². The molecule has 1 aliphatic carbocycles. The summed E-state index contributed by atoms with van der Waals surface area (Å²) in [6, 6.07) is 14.0. The highest BCUT2D eigenvalue weighted by Gasteiger charge is 2.21. The van der Waals surface area contributed by atoms with Crippen LogP contribution in [-0.4, -0.2) is 12.2 Å². The van der Waals surface area contributed by atoms with Crippen LogP contribution in [0.1, 0.15) is 28.4 Å². The van der Waals surface area contributed by atoms with Gasteiger partial charge in [-0.3, -0.25) is 0 Å². The molecule has 0 radical (unpaired) electrons. The van der Waals surface area contributed by atoms with Crippen molar-refractivity contribution in [2.24, 2.45) is 0 Å². The molecule has 1 N–H and O–H groups in total. The molecule has 2 aromatic rings. The Kier molecular flexibility index (Phi) is 2.80. The average Bonchev–Trinajstić information content (AvgIpc) is 2.57. The van der Waals surface area contributed by atoms with Gasteiger partial charge in [0, 0.05) is 0 Å². The summed E-state index contributed by atoms with van der Waals surface area (Å²) in [7, 11) is 1.67. The van der Waals surface area contributed by atoms with Gasteiger partial charge in [-0.15, -0.1) is 0 Å². The summed E-state index contributed by atoms with van der Waals surface area (Å²) < 4.78 is 5.25. The molecule has 0 saturated heterocycles. The van der Waals surface area contributed by atoms with Crippen LogP contribution in [0.2, 0.25) is 0 Å². The van der Waals surface area contributed by atoms with Crippen LogP contribution in [0.4, 0.5) is 0 Å². The topological polar surface area (TPSA) is 29.5 Å². The minimum Gasteiger partial charge on any atom is -0.497 e. The third kappa shape index (κ3) is 1.79. The molecule has 0 spiro atoms. The molecule has 2 aromatic carbocycles. The van der Waals surface area contributed by atoms with Crippen molar-refractivity contribution < 1.29 is 9.84 Å². The highest BCUT2D eigenvalue weighted by Crippen LogP contribution is 2.33. The number of aliphatic hydroxyl groups excluding tert-OH is 1. The standard InChI is InChI=1S/C16H16O2/c1-18-13-8-9-15-12(10-13)7-6-11-4-2-3-5-14(11)16(15)17/h2-5,8-10,16-17H,6-7H2,1H3/t16-/m0/s1. The first-order valence-corrected chi connectivity index (χ1v) is 6.22. The Morgan fingerprint density at radius 2 is 1.72 bits per heavy atom. The Morgan fingerprint density at radius 1 is 1.00 bits per heavy atom. The molecule has 0 aromatic heterocycles. The monoisotopic (exact) mass is 240 g/mol. The number of hydrogen-bond donors (Lipinski definition) is 1. The maximum Gasteiger partial charge on any atom is 0.119 e. The van der Waals surface area contributed by atoms with Gasteiger partial charge in [-0.25, -0.2) is 0 Å². The van der Waals surface area contributed by atoms with E-state index in [0.29, 0.717) is 0 Å². The van der Waals surface area contributed by atoms with E-state index in [1.165, 1.54) is 11.1 Å². The van der Waals surface area contributed by atoms with Gasteiger partial charge in [-0.05, 0) is 47.2 Å². The molecule has 18 heavy (non-hydrogen) atoms. The molecular formula is C16H16O2. The number of fused-ring (bicyclic) bond motifs is 2. The minimum absolute atomic E-state index is 0.524. The van der Waals surface area contributed by atoms with Crippen LogP contribution < -0.4 is 4.74 Å². The lowest BCUT2D eigenvalue weighted by Gasteiger charge is -2.14. The molecule has 0 heterocycles. The molecule has 3 rings (SSSR count). The lowest BCUT2D eigenvalue weighted by atomic mass is 9.97. The summed E-state index contributed by atoms with van der Waals surface area (Å²) in [5.41, 5.74) is 4.44. The Labute approximate surface area is 107 Å². The first-order chi connectivity index (χ1) is 8.79. The van der Waals surface area contributed by atoms with Gasteiger partial charge < -0.3 is 9.84 Å². The molecule has 0 amide bonds. The van der Waals surface area contributed by atoms with E-state index < -0.39 is 6.10 Å². The van der Waals surface area contributed by atoms with Gasteiger partial charge in [0.15, 0.2) is 0 Å². The van der Waals surface area contributed by atoms with Crippen LogP contribution in [0, 0.1) is 0 Å². The van der Waals surface area contributed by atoms with Crippen molar-refractivity contribution >= 4 is 0 Å². The van der Waals surface area contributed by atoms with Crippen LogP contribution in [0.5, 0.6) is 5.75 Å². The van der Waals surface area contributed by atoms with Crippen LogP contribution >= 0.6 is 0 Å². The quantitative estimate of drug-likeness (QED) is 0.830. The van der Waals surface area contributed by atoms with Crippen LogP contribution in [0.25, 0.3) is 0 Å². The first kappa shape index (κ1) is 11.3. The van der Waals surface area contributed by atoms with Gasteiger partial charge in [-0.2, -0.15) is 0 Å². The van der Waals surface area contributed by atoms with Gasteiger partial charge in [-0.1, -0.05) is 30.3 Å². The van der Waals surface area contributed by atoms with Crippen molar-refractivity contribution in [2.45, 2.75) is 18.9 Å². The molecular weight excluding hydrogens is 224 g/mol. The fraction of sp³-hybridized carbons (Fsp3) is 0.250. The molecule has 1 atom stereocenters. The molecule has 0 aliphatic heterocycles. The lowest BCUT2D eigenvalue weighted by Crippen LogP contribution is -2.02. The van der Waals surface area contributed by atoms with Crippen molar-refractivity contribution in [1.82, 2.24) is 0 Å². The van der Waals surface area contributed by atoms with Crippen LogP contribution in [0.15, 0.2) is 42.5 Å². The normalized spacial score (nSPS) is 17.6. The molecule has 92 valence electrons. The Hall–Kier alpha value is -1.80. The van der Waals surface area contributed by atoms with E-state index in [1.807, 2.05) is 36.4 Å². The van der Waals surface area contributed by atoms with Crippen molar-refractivity contribution in [3.63, 3.8) is 0 Å². The molecule has 0 fully saturated rings. The second-order valence-electron chi connectivity index (χ2n) is 4.67. The van der Waals surface area contributed by atoms with Crippen molar-refractivity contribution in [3.8, 4) is 5.75 Å². The fourth-order valence-corrected chi connectivity index (χ4v) is 2.66. The number of hydrogen-bond acceptors (Lipinski definition) is 2. The number of aliphatic hydroxyl groups is 1. The third-order valence-corrected chi connectivity index (χ3v) is 3.66. The zero-order valence-corrected chi connectivity index (χ0v) is 10.4. The summed E-state index contributed by atoms with van der Waals surface area (Å²) in [4.78, 5) is 0. The molecule has 0 bridgehead atoms. The first-order valence-electron chi connectivity index (χ1n) is 6.22. The zero-order valence-electron chi connectivity index (χ0n) is 10.4. The maximum absolute atomic E-state index is 10.5. The smallest absolute Gasteiger partial charge is 0.119 e. The lowest BCUT2D eigenvalue weighted by molar-refractivity contribution is 0.219. The molecule has 0 unspecified atom stereocenters. The predicted octanol–water partition coefficient (Wildman–Crippen LogP) is 2.88. The number of methoxy groups -OCH3 is 1. The van der Waals surface area contributed by atoms with Crippen LogP contribution in [-0.2, 0) is 12.8 Å². The van der Waals surface area contributed by atoms with E-state index in [4.69, 9.17) is 4.74 Å². The summed E-state index contributed by atoms with van der Waals surface area (Å²) in [5, 5.41) is 10.5. The van der Waals surface area contributed by atoms with Crippen LogP contribution in [0.3, 0.4) is 0 Å². The zero-order chi connectivity index (χ0) is 12.5. The summed E-state index contributed by atoms with van der Waals surface area (Å²) >= 11 is 0. The number of ether oxygens (including phenoxy) is 1. The summed E-state index contributed by atoms with van der Waals surface area (Å²) in [5.74, 6) is 0.854. The Bertz CT molecular complexity index is 575. The second kappa shape index (κ2) is 4.46. The SMILES string of the molecule is COc1ccc2c(c1)CCc1ccccc1[C@@H]2O. The van der Waals surface area contributed by atoms with E-state index in [1.54, 1.807) is 7.11 Å². The third-order valence-electron chi connectivity index (χ3n) is 3.66.